The fraction of sp³-hybridized carbons (Fsp3) is 0.158. The summed E-state index contributed by atoms with van der Waals surface area (Å²) >= 11 is 0. The average Bonchev–Trinajstić information content (AvgIpc) is 2.85. The van der Waals surface area contributed by atoms with E-state index in [2.05, 4.69) is 10.6 Å². The third-order valence-corrected chi connectivity index (χ3v) is 4.01. The van der Waals surface area contributed by atoms with Gasteiger partial charge in [-0.1, -0.05) is 48.5 Å². The molecule has 0 fully saturated rings. The van der Waals surface area contributed by atoms with Crippen LogP contribution in [0.3, 0.4) is 0 Å². The second kappa shape index (κ2) is 6.68. The molecule has 3 N–H and O–H groups in total. The number of fused-ring (bicyclic) bond motifs is 1. The lowest BCUT2D eigenvalue weighted by Gasteiger charge is -2.20. The van der Waals surface area contributed by atoms with E-state index in [-0.39, 0.29) is 18.9 Å². The van der Waals surface area contributed by atoms with E-state index in [0.717, 1.165) is 5.56 Å². The molecule has 0 saturated heterocycles. The van der Waals surface area contributed by atoms with Gasteiger partial charge in [-0.25, -0.2) is 0 Å². The van der Waals surface area contributed by atoms with Crippen LogP contribution in [0, 0.1) is 0 Å². The van der Waals surface area contributed by atoms with E-state index >= 15 is 0 Å². The second-order valence-corrected chi connectivity index (χ2v) is 5.65. The average molecular weight is 322 g/mol. The Morgan fingerprint density at radius 1 is 1.12 bits per heavy atom. The van der Waals surface area contributed by atoms with E-state index in [1.54, 1.807) is 30.3 Å². The maximum Gasteiger partial charge on any atom is 0.261 e. The van der Waals surface area contributed by atoms with Crippen molar-refractivity contribution in [3.8, 4) is 0 Å². The number of aliphatic hydroxyl groups is 1. The van der Waals surface area contributed by atoms with Gasteiger partial charge in [0.25, 0.3) is 5.91 Å². The van der Waals surface area contributed by atoms with Crippen molar-refractivity contribution in [2.45, 2.75) is 12.0 Å². The van der Waals surface area contributed by atoms with E-state index in [1.807, 2.05) is 30.3 Å². The zero-order chi connectivity index (χ0) is 17.0. The first-order chi connectivity index (χ1) is 11.6. The van der Waals surface area contributed by atoms with Gasteiger partial charge in [-0.3, -0.25) is 9.59 Å². The molecule has 0 bridgehead atoms. The van der Waals surface area contributed by atoms with Crippen LogP contribution in [0.2, 0.25) is 0 Å². The fourth-order valence-corrected chi connectivity index (χ4v) is 2.71. The first kappa shape index (κ1) is 16.0. The molecule has 3 rings (SSSR count). The number of carbonyl (C=O) groups excluding carboxylic acids is 2. The van der Waals surface area contributed by atoms with Crippen LogP contribution < -0.4 is 10.6 Å². The second-order valence-electron chi connectivity index (χ2n) is 5.65. The van der Waals surface area contributed by atoms with Crippen LogP contribution in [0.5, 0.6) is 0 Å². The first-order valence-electron chi connectivity index (χ1n) is 7.74. The molecule has 0 aromatic heterocycles. The molecule has 2 aromatic carbocycles. The van der Waals surface area contributed by atoms with Crippen molar-refractivity contribution in [1.82, 2.24) is 5.32 Å². The number of hydrogen-bond acceptors (Lipinski definition) is 3. The summed E-state index contributed by atoms with van der Waals surface area (Å²) in [4.78, 5) is 23.9. The Morgan fingerprint density at radius 2 is 1.83 bits per heavy atom. The molecule has 1 aliphatic rings. The van der Waals surface area contributed by atoms with Crippen molar-refractivity contribution in [2.75, 3.05) is 11.9 Å². The Bertz CT molecular complexity index is 786. The van der Waals surface area contributed by atoms with Crippen LogP contribution in [0.15, 0.2) is 60.7 Å². The molecule has 0 radical (unpaired) electrons. The number of carbonyl (C=O) groups is 2. The number of benzene rings is 2. The van der Waals surface area contributed by atoms with Crippen molar-refractivity contribution in [2.24, 2.45) is 0 Å². The quantitative estimate of drug-likeness (QED) is 0.737. The van der Waals surface area contributed by atoms with Gasteiger partial charge in [0.05, 0.1) is 0 Å². The van der Waals surface area contributed by atoms with Crippen LogP contribution in [0.1, 0.15) is 17.5 Å². The van der Waals surface area contributed by atoms with Gasteiger partial charge in [0.1, 0.15) is 0 Å². The van der Waals surface area contributed by atoms with Gasteiger partial charge < -0.3 is 15.7 Å². The highest BCUT2D eigenvalue weighted by molar-refractivity contribution is 6.04. The number of anilines is 1. The minimum atomic E-state index is -1.60. The zero-order valence-electron chi connectivity index (χ0n) is 13.0. The largest absolute Gasteiger partial charge is 0.375 e. The van der Waals surface area contributed by atoms with Crippen molar-refractivity contribution in [1.29, 1.82) is 0 Å². The summed E-state index contributed by atoms with van der Waals surface area (Å²) < 4.78 is 0. The molecule has 24 heavy (non-hydrogen) atoms. The Kier molecular flexibility index (Phi) is 4.44. The van der Waals surface area contributed by atoms with Gasteiger partial charge in [-0.15, -0.1) is 0 Å². The van der Waals surface area contributed by atoms with E-state index in [0.29, 0.717) is 11.3 Å². The first-order valence-corrected chi connectivity index (χ1v) is 7.74. The number of para-hydroxylation sites is 1. The van der Waals surface area contributed by atoms with Crippen LogP contribution in [-0.4, -0.2) is 23.5 Å². The van der Waals surface area contributed by atoms with Crippen molar-refractivity contribution in [3.63, 3.8) is 0 Å². The maximum atomic E-state index is 12.1. The molecule has 0 spiro atoms. The minimum Gasteiger partial charge on any atom is -0.375 e. The molecule has 5 nitrogen and oxygen atoms in total. The molecule has 1 aliphatic heterocycles. The van der Waals surface area contributed by atoms with Crippen LogP contribution >= 0.6 is 0 Å². The Labute approximate surface area is 140 Å². The summed E-state index contributed by atoms with van der Waals surface area (Å²) in [6, 6.07) is 16.5. The Morgan fingerprint density at radius 3 is 2.62 bits per heavy atom. The van der Waals surface area contributed by atoms with Crippen LogP contribution in [0.25, 0.3) is 6.08 Å². The normalized spacial score (nSPS) is 19.1. The van der Waals surface area contributed by atoms with Gasteiger partial charge in [0.15, 0.2) is 5.60 Å². The lowest BCUT2D eigenvalue weighted by molar-refractivity contribution is -0.134. The Hall–Kier alpha value is -2.92. The monoisotopic (exact) mass is 322 g/mol. The molecular formula is C19H18N2O3. The molecule has 1 atom stereocenters. The van der Waals surface area contributed by atoms with Gasteiger partial charge in [0, 0.05) is 30.3 Å². The highest BCUT2D eigenvalue weighted by atomic mass is 16.3. The van der Waals surface area contributed by atoms with Crippen LogP contribution in [0.4, 0.5) is 5.69 Å². The SMILES string of the molecule is O=C(C=Cc1ccccc1)NCC[C@]1(O)C(=O)Nc2ccccc21. The highest BCUT2D eigenvalue weighted by Crippen LogP contribution is 2.37. The number of amides is 2. The van der Waals surface area contributed by atoms with Gasteiger partial charge in [-0.2, -0.15) is 0 Å². The number of nitrogens with one attached hydrogen (secondary N) is 2. The molecular weight excluding hydrogens is 304 g/mol. The molecule has 5 heteroatoms. The molecule has 2 aromatic rings. The highest BCUT2D eigenvalue weighted by Gasteiger charge is 2.44. The zero-order valence-corrected chi connectivity index (χ0v) is 13.0. The summed E-state index contributed by atoms with van der Waals surface area (Å²) in [7, 11) is 0. The van der Waals surface area contributed by atoms with Gasteiger partial charge in [0.2, 0.25) is 5.91 Å². The summed E-state index contributed by atoms with van der Waals surface area (Å²) in [6.45, 7) is 0.191. The molecule has 0 saturated carbocycles. The topological polar surface area (TPSA) is 78.4 Å². The van der Waals surface area contributed by atoms with E-state index in [1.165, 1.54) is 6.08 Å². The fourth-order valence-electron chi connectivity index (χ4n) is 2.71. The smallest absolute Gasteiger partial charge is 0.261 e. The molecule has 2 amide bonds. The number of hydrogen-bond donors (Lipinski definition) is 3. The van der Waals surface area contributed by atoms with E-state index < -0.39 is 11.5 Å². The summed E-state index contributed by atoms with van der Waals surface area (Å²) in [5, 5.41) is 16.0. The summed E-state index contributed by atoms with van der Waals surface area (Å²) in [6.07, 6.45) is 3.25. The lowest BCUT2D eigenvalue weighted by Crippen LogP contribution is -2.38. The van der Waals surface area contributed by atoms with Gasteiger partial charge in [-0.05, 0) is 17.7 Å². The Balaban J connectivity index is 1.57. The predicted molar refractivity (Wildman–Crippen MR) is 92.1 cm³/mol. The maximum absolute atomic E-state index is 12.1. The van der Waals surface area contributed by atoms with E-state index in [9.17, 15) is 14.7 Å². The van der Waals surface area contributed by atoms with Crippen molar-refractivity contribution in [3.05, 3.63) is 71.8 Å². The summed E-state index contributed by atoms with van der Waals surface area (Å²) in [5.41, 5.74) is 0.479. The lowest BCUT2D eigenvalue weighted by atomic mass is 9.92. The van der Waals surface area contributed by atoms with Crippen molar-refractivity contribution >= 4 is 23.6 Å². The van der Waals surface area contributed by atoms with E-state index in [4.69, 9.17) is 0 Å². The predicted octanol–water partition coefficient (Wildman–Crippen LogP) is 2.05. The molecule has 122 valence electrons. The third kappa shape index (κ3) is 3.21. The summed E-state index contributed by atoms with van der Waals surface area (Å²) in [5.74, 6) is -0.730. The molecule has 0 unspecified atom stereocenters. The number of rotatable bonds is 5. The third-order valence-electron chi connectivity index (χ3n) is 4.01. The standard InChI is InChI=1S/C19H18N2O3/c22-17(11-10-14-6-2-1-3-7-14)20-13-12-19(24)15-8-4-5-9-16(15)21-18(19)23/h1-11,24H,12-13H2,(H,20,22)(H,21,23)/t19-/m1/s1. The molecule has 1 heterocycles. The van der Waals surface area contributed by atoms with Gasteiger partial charge >= 0.3 is 0 Å². The molecule has 0 aliphatic carbocycles. The van der Waals surface area contributed by atoms with Crippen molar-refractivity contribution < 1.29 is 14.7 Å². The van der Waals surface area contributed by atoms with Crippen LogP contribution in [-0.2, 0) is 15.2 Å². The minimum absolute atomic E-state index is 0.112.